The number of hydrogen-bond acceptors (Lipinski definition) is 4. The van der Waals surface area contributed by atoms with Gasteiger partial charge in [0, 0.05) is 18.2 Å². The van der Waals surface area contributed by atoms with Crippen molar-refractivity contribution in [1.29, 1.82) is 0 Å². The van der Waals surface area contributed by atoms with Crippen molar-refractivity contribution in [1.82, 2.24) is 4.72 Å². The Kier molecular flexibility index (Phi) is 4.22. The smallest absolute Gasteiger partial charge is 0.248 e. The second-order valence-electron chi connectivity index (χ2n) is 3.65. The van der Waals surface area contributed by atoms with E-state index in [0.717, 1.165) is 0 Å². The lowest BCUT2D eigenvalue weighted by Crippen LogP contribution is -2.37. The first-order valence-corrected chi connectivity index (χ1v) is 6.47. The average Bonchev–Trinajstić information content (AvgIpc) is 2.28. The zero-order valence-electron chi connectivity index (χ0n) is 9.38. The Morgan fingerprint density at radius 2 is 1.88 bits per heavy atom. The molecule has 0 aliphatic heterocycles. The molecule has 0 saturated heterocycles. The van der Waals surface area contributed by atoms with Crippen LogP contribution in [0.2, 0.25) is 0 Å². The molecule has 0 bridgehead atoms. The van der Waals surface area contributed by atoms with Crippen LogP contribution in [0, 0.1) is 0 Å². The van der Waals surface area contributed by atoms with E-state index < -0.39 is 15.9 Å². The number of benzene rings is 1. The van der Waals surface area contributed by atoms with Crippen molar-refractivity contribution in [3.8, 4) is 0 Å². The molecule has 1 unspecified atom stereocenters. The molecule has 7 heteroatoms. The van der Waals surface area contributed by atoms with E-state index in [-0.39, 0.29) is 23.0 Å². The van der Waals surface area contributed by atoms with Gasteiger partial charge in [0.05, 0.1) is 4.90 Å². The van der Waals surface area contributed by atoms with Crippen molar-refractivity contribution in [3.05, 3.63) is 29.8 Å². The van der Waals surface area contributed by atoms with E-state index in [0.29, 0.717) is 0 Å². The molecule has 6 nitrogen and oxygen atoms in total. The lowest BCUT2D eigenvalue weighted by Gasteiger charge is -2.11. The largest absolute Gasteiger partial charge is 0.366 e. The van der Waals surface area contributed by atoms with Gasteiger partial charge in [-0.15, -0.1) is 0 Å². The van der Waals surface area contributed by atoms with E-state index in [9.17, 15) is 13.2 Å². The summed E-state index contributed by atoms with van der Waals surface area (Å²) >= 11 is 0. The molecule has 0 saturated carbocycles. The molecular weight excluding hydrogens is 242 g/mol. The predicted octanol–water partition coefficient (Wildman–Crippen LogP) is -0.589. The molecule has 0 spiro atoms. The summed E-state index contributed by atoms with van der Waals surface area (Å²) in [5.41, 5.74) is 10.6. The second kappa shape index (κ2) is 5.26. The Labute approximate surface area is 100 Å². The van der Waals surface area contributed by atoms with Crippen molar-refractivity contribution in [2.24, 2.45) is 11.5 Å². The molecule has 1 amide bonds. The minimum atomic E-state index is -3.60. The van der Waals surface area contributed by atoms with Gasteiger partial charge in [0.2, 0.25) is 15.9 Å². The Hall–Kier alpha value is -1.44. The quantitative estimate of drug-likeness (QED) is 0.654. The second-order valence-corrected chi connectivity index (χ2v) is 5.36. The van der Waals surface area contributed by atoms with Crippen LogP contribution in [-0.4, -0.2) is 26.9 Å². The van der Waals surface area contributed by atoms with E-state index >= 15 is 0 Å². The zero-order valence-corrected chi connectivity index (χ0v) is 10.2. The monoisotopic (exact) mass is 257 g/mol. The minimum Gasteiger partial charge on any atom is -0.366 e. The standard InChI is InChI=1S/C10H15N3O3S/c1-7(6-11)13-17(15,16)9-4-2-8(3-5-9)10(12)14/h2-5,7,13H,6,11H2,1H3,(H2,12,14). The van der Waals surface area contributed by atoms with Crippen molar-refractivity contribution in [2.45, 2.75) is 17.9 Å². The van der Waals surface area contributed by atoms with E-state index in [1.54, 1.807) is 6.92 Å². The summed E-state index contributed by atoms with van der Waals surface area (Å²) in [7, 11) is -3.60. The number of nitrogens with one attached hydrogen (secondary N) is 1. The maximum atomic E-state index is 11.8. The molecule has 1 atom stereocenters. The molecule has 5 N–H and O–H groups in total. The summed E-state index contributed by atoms with van der Waals surface area (Å²) < 4.78 is 26.0. The topological polar surface area (TPSA) is 115 Å². The van der Waals surface area contributed by atoms with Crippen LogP contribution in [0.25, 0.3) is 0 Å². The molecule has 0 radical (unpaired) electrons. The van der Waals surface area contributed by atoms with Gasteiger partial charge >= 0.3 is 0 Å². The fraction of sp³-hybridized carbons (Fsp3) is 0.300. The predicted molar refractivity (Wildman–Crippen MR) is 63.8 cm³/mol. The first kappa shape index (κ1) is 13.6. The number of nitrogens with two attached hydrogens (primary N) is 2. The first-order chi connectivity index (χ1) is 7.86. The van der Waals surface area contributed by atoms with Crippen LogP contribution < -0.4 is 16.2 Å². The third-order valence-electron chi connectivity index (χ3n) is 2.16. The van der Waals surface area contributed by atoms with Crippen molar-refractivity contribution < 1.29 is 13.2 Å². The molecule has 1 aromatic rings. The molecule has 94 valence electrons. The van der Waals surface area contributed by atoms with Crippen LogP contribution in [0.1, 0.15) is 17.3 Å². The highest BCUT2D eigenvalue weighted by Crippen LogP contribution is 2.10. The van der Waals surface area contributed by atoms with E-state index in [1.165, 1.54) is 24.3 Å². The molecule has 0 aromatic heterocycles. The minimum absolute atomic E-state index is 0.0720. The van der Waals surface area contributed by atoms with Gasteiger partial charge in [-0.1, -0.05) is 0 Å². The number of rotatable bonds is 5. The Bertz CT molecular complexity index is 496. The Morgan fingerprint density at radius 3 is 2.29 bits per heavy atom. The zero-order chi connectivity index (χ0) is 13.1. The van der Waals surface area contributed by atoms with Gasteiger partial charge in [0.25, 0.3) is 0 Å². The number of primary amides is 1. The molecule has 1 rings (SSSR count). The van der Waals surface area contributed by atoms with Crippen LogP contribution >= 0.6 is 0 Å². The molecular formula is C10H15N3O3S. The SMILES string of the molecule is CC(CN)NS(=O)(=O)c1ccc(C(N)=O)cc1. The lowest BCUT2D eigenvalue weighted by atomic mass is 10.2. The summed E-state index contributed by atoms with van der Waals surface area (Å²) in [4.78, 5) is 10.9. The van der Waals surface area contributed by atoms with Crippen molar-refractivity contribution in [3.63, 3.8) is 0 Å². The maximum absolute atomic E-state index is 11.8. The number of hydrogen-bond donors (Lipinski definition) is 3. The summed E-state index contributed by atoms with van der Waals surface area (Å²) in [6.45, 7) is 1.87. The van der Waals surface area contributed by atoms with E-state index in [4.69, 9.17) is 11.5 Å². The summed E-state index contributed by atoms with van der Waals surface area (Å²) in [5.74, 6) is -0.600. The first-order valence-electron chi connectivity index (χ1n) is 4.99. The summed E-state index contributed by atoms with van der Waals surface area (Å²) in [6.07, 6.45) is 0. The third kappa shape index (κ3) is 3.52. The van der Waals surface area contributed by atoms with Crippen molar-refractivity contribution in [2.75, 3.05) is 6.54 Å². The van der Waals surface area contributed by atoms with Gasteiger partial charge in [-0.25, -0.2) is 13.1 Å². The van der Waals surface area contributed by atoms with Gasteiger partial charge < -0.3 is 11.5 Å². The molecule has 0 aliphatic carbocycles. The lowest BCUT2D eigenvalue weighted by molar-refractivity contribution is 0.1000. The van der Waals surface area contributed by atoms with Crippen LogP contribution in [0.5, 0.6) is 0 Å². The third-order valence-corrected chi connectivity index (χ3v) is 3.76. The molecule has 1 aromatic carbocycles. The Morgan fingerprint density at radius 1 is 1.35 bits per heavy atom. The fourth-order valence-electron chi connectivity index (χ4n) is 1.18. The number of amides is 1. The van der Waals surface area contributed by atoms with Crippen LogP contribution in [0.4, 0.5) is 0 Å². The molecule has 17 heavy (non-hydrogen) atoms. The van der Waals surface area contributed by atoms with Gasteiger partial charge in [0.1, 0.15) is 0 Å². The number of carbonyl (C=O) groups is 1. The summed E-state index contributed by atoms with van der Waals surface area (Å²) in [5, 5.41) is 0. The van der Waals surface area contributed by atoms with Crippen LogP contribution in [0.15, 0.2) is 29.2 Å². The molecule has 0 fully saturated rings. The van der Waals surface area contributed by atoms with Gasteiger partial charge in [-0.3, -0.25) is 4.79 Å². The Balaban J connectivity index is 2.96. The molecule has 0 heterocycles. The molecule has 0 aliphatic rings. The highest BCUT2D eigenvalue weighted by Gasteiger charge is 2.16. The van der Waals surface area contributed by atoms with E-state index in [1.807, 2.05) is 0 Å². The summed E-state index contributed by atoms with van der Waals surface area (Å²) in [6, 6.07) is 5.03. The van der Waals surface area contributed by atoms with Gasteiger partial charge in [-0.05, 0) is 31.2 Å². The van der Waals surface area contributed by atoms with Crippen molar-refractivity contribution >= 4 is 15.9 Å². The average molecular weight is 257 g/mol. The van der Waals surface area contributed by atoms with Crippen LogP contribution in [-0.2, 0) is 10.0 Å². The van der Waals surface area contributed by atoms with Crippen LogP contribution in [0.3, 0.4) is 0 Å². The fourth-order valence-corrected chi connectivity index (χ4v) is 2.44. The van der Waals surface area contributed by atoms with E-state index in [2.05, 4.69) is 4.72 Å². The maximum Gasteiger partial charge on any atom is 0.248 e. The number of carbonyl (C=O) groups excluding carboxylic acids is 1. The van der Waals surface area contributed by atoms with Gasteiger partial charge in [-0.2, -0.15) is 0 Å². The highest BCUT2D eigenvalue weighted by atomic mass is 32.2. The number of sulfonamides is 1. The van der Waals surface area contributed by atoms with Gasteiger partial charge in [0.15, 0.2) is 0 Å². The normalized spacial score (nSPS) is 13.3. The highest BCUT2D eigenvalue weighted by molar-refractivity contribution is 7.89.